The minimum Gasteiger partial charge on any atom is -0.444 e. The van der Waals surface area contributed by atoms with Crippen LogP contribution < -0.4 is 4.90 Å². The molecule has 0 radical (unpaired) electrons. The number of nitrogens with zero attached hydrogens (tertiary/aromatic N) is 4. The van der Waals surface area contributed by atoms with E-state index in [-0.39, 0.29) is 12.0 Å². The largest absolute Gasteiger partial charge is 0.444 e. The van der Waals surface area contributed by atoms with Crippen molar-refractivity contribution in [2.75, 3.05) is 18.0 Å². The van der Waals surface area contributed by atoms with E-state index in [1.165, 1.54) is 17.4 Å². The van der Waals surface area contributed by atoms with Crippen LogP contribution in [0.15, 0.2) is 30.5 Å². The Bertz CT molecular complexity index is 1320. The molecule has 4 heterocycles. The molecule has 0 saturated carbocycles. The van der Waals surface area contributed by atoms with Gasteiger partial charge in [0.2, 0.25) is 0 Å². The second-order valence-corrected chi connectivity index (χ2v) is 10.5. The van der Waals surface area contributed by atoms with Gasteiger partial charge in [-0.2, -0.15) is 5.10 Å². The van der Waals surface area contributed by atoms with E-state index in [0.717, 1.165) is 16.0 Å². The molecule has 9 heteroatoms. The Balaban J connectivity index is 1.32. The Labute approximate surface area is 195 Å². The zero-order chi connectivity index (χ0) is 23.5. The molecule has 0 unspecified atom stereocenters. The number of aromatic nitrogens is 2. The normalized spacial score (nSPS) is 16.4. The summed E-state index contributed by atoms with van der Waals surface area (Å²) in [5.41, 5.74) is 2.40. The summed E-state index contributed by atoms with van der Waals surface area (Å²) < 4.78 is 21.5. The van der Waals surface area contributed by atoms with Crippen LogP contribution >= 0.6 is 11.3 Å². The van der Waals surface area contributed by atoms with Gasteiger partial charge < -0.3 is 14.5 Å². The number of aryl methyl sites for hydroxylation is 1. The topological polar surface area (TPSA) is 67.7 Å². The molecule has 2 aliphatic heterocycles. The molecule has 2 aliphatic rings. The maximum Gasteiger partial charge on any atom is 0.410 e. The number of thiophene rings is 1. The number of benzene rings is 1. The van der Waals surface area contributed by atoms with E-state index in [2.05, 4.69) is 5.10 Å². The number of anilines is 1. The lowest BCUT2D eigenvalue weighted by atomic mass is 10.1. The molecule has 0 aliphatic carbocycles. The number of ether oxygens (including phenoxy) is 1. The molecule has 0 fully saturated rings. The maximum absolute atomic E-state index is 14.5. The minimum atomic E-state index is -0.521. The predicted octanol–water partition coefficient (Wildman–Crippen LogP) is 4.96. The van der Waals surface area contributed by atoms with Gasteiger partial charge in [-0.15, -0.1) is 11.3 Å². The summed E-state index contributed by atoms with van der Waals surface area (Å²) in [6.07, 6.45) is 4.17. The Hall–Kier alpha value is -3.20. The van der Waals surface area contributed by atoms with Gasteiger partial charge in [-0.25, -0.2) is 9.18 Å². The lowest BCUT2D eigenvalue weighted by Gasteiger charge is -2.29. The number of carbonyl (C=O) groups excluding carboxylic acids is 2. The molecule has 2 aromatic heterocycles. The molecule has 0 spiro atoms. The molecular weight excluding hydrogens is 443 g/mol. The van der Waals surface area contributed by atoms with E-state index in [1.807, 2.05) is 32.9 Å². The van der Waals surface area contributed by atoms with Crippen molar-refractivity contribution in [3.63, 3.8) is 0 Å². The Kier molecular flexibility index (Phi) is 5.04. The molecular formula is C24H25FN4O3S. The lowest BCUT2D eigenvalue weighted by Crippen LogP contribution is -2.39. The molecule has 5 rings (SSSR count). The van der Waals surface area contributed by atoms with E-state index >= 15 is 0 Å². The molecule has 1 aromatic carbocycles. The standard InChI is InChI=1S/C24H25FN4O3S/c1-24(2,3)32-23(31)28-7-5-14(6-8-28)19-10-16-13-29(22(30)21(16)33-19)17-9-15-12-27(4)26-20(15)18(25)11-17/h5,9-12H,6-8,13H2,1-4H3. The SMILES string of the molecule is Cn1cc2cc(N3Cc4cc(C5=CCN(C(=O)OC(C)(C)C)CC5)sc4C3=O)cc(F)c2n1. The Morgan fingerprint density at radius 1 is 1.24 bits per heavy atom. The zero-order valence-electron chi connectivity index (χ0n) is 19.0. The summed E-state index contributed by atoms with van der Waals surface area (Å²) in [6, 6.07) is 5.22. The summed E-state index contributed by atoms with van der Waals surface area (Å²) in [6.45, 7) is 7.03. The summed E-state index contributed by atoms with van der Waals surface area (Å²) in [7, 11) is 1.74. The number of fused-ring (bicyclic) bond motifs is 2. The van der Waals surface area contributed by atoms with Crippen LogP contribution in [-0.4, -0.2) is 45.4 Å². The van der Waals surface area contributed by atoms with Gasteiger partial charge in [-0.05, 0) is 56.5 Å². The third-order valence-corrected chi connectivity index (χ3v) is 6.97. The predicted molar refractivity (Wildman–Crippen MR) is 126 cm³/mol. The average Bonchev–Trinajstić information content (AvgIpc) is 3.40. The molecule has 3 aromatic rings. The molecule has 0 atom stereocenters. The van der Waals surface area contributed by atoms with Gasteiger partial charge in [0.15, 0.2) is 5.82 Å². The van der Waals surface area contributed by atoms with E-state index in [9.17, 15) is 14.0 Å². The van der Waals surface area contributed by atoms with Crippen LogP contribution in [0.4, 0.5) is 14.9 Å². The van der Waals surface area contributed by atoms with E-state index in [1.54, 1.807) is 33.8 Å². The zero-order valence-corrected chi connectivity index (χ0v) is 19.8. The van der Waals surface area contributed by atoms with Crippen LogP contribution in [0.1, 0.15) is 47.3 Å². The highest BCUT2D eigenvalue weighted by Crippen LogP contribution is 2.39. The first-order chi connectivity index (χ1) is 15.6. The van der Waals surface area contributed by atoms with Gasteiger partial charge in [0.1, 0.15) is 11.1 Å². The van der Waals surface area contributed by atoms with E-state index < -0.39 is 11.4 Å². The van der Waals surface area contributed by atoms with Crippen LogP contribution in [0.5, 0.6) is 0 Å². The average molecular weight is 469 g/mol. The van der Waals surface area contributed by atoms with Crippen LogP contribution in [0.25, 0.3) is 16.5 Å². The lowest BCUT2D eigenvalue weighted by molar-refractivity contribution is 0.0270. The van der Waals surface area contributed by atoms with Gasteiger partial charge in [0, 0.05) is 42.3 Å². The van der Waals surface area contributed by atoms with Crippen LogP contribution in [0.3, 0.4) is 0 Å². The van der Waals surface area contributed by atoms with Crippen molar-refractivity contribution in [3.8, 4) is 0 Å². The number of hydrogen-bond acceptors (Lipinski definition) is 5. The third kappa shape index (κ3) is 4.01. The molecule has 0 bridgehead atoms. The van der Waals surface area contributed by atoms with Crippen molar-refractivity contribution in [3.05, 3.63) is 51.6 Å². The first kappa shape index (κ1) is 21.6. The summed E-state index contributed by atoms with van der Waals surface area (Å²) in [5.74, 6) is -0.551. The van der Waals surface area contributed by atoms with Crippen LogP contribution in [0, 0.1) is 5.82 Å². The molecule has 33 heavy (non-hydrogen) atoms. The smallest absolute Gasteiger partial charge is 0.410 e. The van der Waals surface area contributed by atoms with Gasteiger partial charge >= 0.3 is 6.09 Å². The van der Waals surface area contributed by atoms with Crippen molar-refractivity contribution >= 4 is 45.5 Å². The molecule has 7 nitrogen and oxygen atoms in total. The van der Waals surface area contributed by atoms with Crippen molar-refractivity contribution in [1.82, 2.24) is 14.7 Å². The first-order valence-electron chi connectivity index (χ1n) is 10.8. The Morgan fingerprint density at radius 2 is 2.03 bits per heavy atom. The number of rotatable bonds is 2. The number of carbonyl (C=O) groups is 2. The number of halogens is 1. The van der Waals surface area contributed by atoms with Crippen molar-refractivity contribution < 1.29 is 18.7 Å². The fourth-order valence-corrected chi connectivity index (χ4v) is 5.39. The second-order valence-electron chi connectivity index (χ2n) is 9.43. The van der Waals surface area contributed by atoms with Crippen molar-refractivity contribution in [2.45, 2.75) is 39.3 Å². The van der Waals surface area contributed by atoms with Gasteiger partial charge in [-0.3, -0.25) is 9.48 Å². The van der Waals surface area contributed by atoms with Gasteiger partial charge in [0.25, 0.3) is 5.91 Å². The van der Waals surface area contributed by atoms with E-state index in [4.69, 9.17) is 4.74 Å². The maximum atomic E-state index is 14.5. The van der Waals surface area contributed by atoms with Crippen molar-refractivity contribution in [1.29, 1.82) is 0 Å². The van der Waals surface area contributed by atoms with Crippen molar-refractivity contribution in [2.24, 2.45) is 7.05 Å². The highest BCUT2D eigenvalue weighted by Gasteiger charge is 2.33. The van der Waals surface area contributed by atoms with Gasteiger partial charge in [-0.1, -0.05) is 6.08 Å². The summed E-state index contributed by atoms with van der Waals surface area (Å²) >= 11 is 1.46. The fourth-order valence-electron chi connectivity index (χ4n) is 4.20. The fraction of sp³-hybridized carbons (Fsp3) is 0.375. The number of hydrogen-bond donors (Lipinski definition) is 0. The number of amides is 2. The molecule has 0 N–H and O–H groups in total. The quantitative estimate of drug-likeness (QED) is 0.533. The van der Waals surface area contributed by atoms with E-state index in [0.29, 0.717) is 47.5 Å². The highest BCUT2D eigenvalue weighted by molar-refractivity contribution is 7.15. The minimum absolute atomic E-state index is 0.115. The van der Waals surface area contributed by atoms with Crippen LogP contribution in [-0.2, 0) is 18.3 Å². The second kappa shape index (κ2) is 7.69. The molecule has 172 valence electrons. The van der Waals surface area contributed by atoms with Crippen LogP contribution in [0.2, 0.25) is 0 Å². The molecule has 2 amide bonds. The highest BCUT2D eigenvalue weighted by atomic mass is 32.1. The first-order valence-corrected chi connectivity index (χ1v) is 11.7. The monoisotopic (exact) mass is 468 g/mol. The third-order valence-electron chi connectivity index (χ3n) is 5.73. The van der Waals surface area contributed by atoms with Gasteiger partial charge in [0.05, 0.1) is 11.4 Å². The Morgan fingerprint density at radius 3 is 2.70 bits per heavy atom. The molecule has 0 saturated heterocycles. The summed E-state index contributed by atoms with van der Waals surface area (Å²) in [4.78, 5) is 30.4. The summed E-state index contributed by atoms with van der Waals surface area (Å²) in [5, 5.41) is 4.79.